The predicted octanol–water partition coefficient (Wildman–Crippen LogP) is 5.05. The lowest BCUT2D eigenvalue weighted by molar-refractivity contribution is -0.256. The van der Waals surface area contributed by atoms with E-state index in [0.29, 0.717) is 59.2 Å². The Kier molecular flexibility index (Phi) is 5.72. The molecule has 1 saturated heterocycles. The second-order valence-electron chi connectivity index (χ2n) is 6.56. The topological polar surface area (TPSA) is 48.0 Å². The van der Waals surface area contributed by atoms with Crippen molar-refractivity contribution in [3.8, 4) is 5.75 Å². The van der Waals surface area contributed by atoms with Crippen LogP contribution in [0.1, 0.15) is 18.4 Å². The van der Waals surface area contributed by atoms with Crippen LogP contribution in [0.15, 0.2) is 36.4 Å². The van der Waals surface area contributed by atoms with Crippen LogP contribution < -0.4 is 9.64 Å². The summed E-state index contributed by atoms with van der Waals surface area (Å²) >= 11 is 18.2. The smallest absolute Gasteiger partial charge is 0.292 e. The molecule has 28 heavy (non-hydrogen) atoms. The Morgan fingerprint density at radius 3 is 2.50 bits per heavy atom. The van der Waals surface area contributed by atoms with Crippen molar-refractivity contribution in [1.82, 2.24) is 0 Å². The van der Waals surface area contributed by atoms with E-state index in [9.17, 15) is 4.79 Å². The minimum Gasteiger partial charge on any atom is -0.492 e. The minimum atomic E-state index is -1.39. The number of halogens is 3. The van der Waals surface area contributed by atoms with Gasteiger partial charge in [0.2, 0.25) is 0 Å². The molecule has 2 aromatic carbocycles. The van der Waals surface area contributed by atoms with Gasteiger partial charge in [-0.25, -0.2) is 0 Å². The molecule has 1 fully saturated rings. The van der Waals surface area contributed by atoms with Gasteiger partial charge in [0, 0.05) is 22.2 Å². The highest BCUT2D eigenvalue weighted by molar-refractivity contribution is 6.35. The van der Waals surface area contributed by atoms with Crippen LogP contribution in [-0.4, -0.2) is 32.3 Å². The van der Waals surface area contributed by atoms with Gasteiger partial charge in [0.1, 0.15) is 5.75 Å². The highest BCUT2D eigenvalue weighted by atomic mass is 35.5. The van der Waals surface area contributed by atoms with Gasteiger partial charge in [-0.1, -0.05) is 34.8 Å². The molecule has 1 amide bonds. The summed E-state index contributed by atoms with van der Waals surface area (Å²) in [5.74, 6) is -1.06. The number of nitrogens with zero attached hydrogens (tertiary/aromatic N) is 1. The van der Waals surface area contributed by atoms with E-state index in [-0.39, 0.29) is 5.91 Å². The largest absolute Gasteiger partial charge is 0.492 e. The van der Waals surface area contributed by atoms with Crippen LogP contribution in [-0.2, 0) is 20.1 Å². The summed E-state index contributed by atoms with van der Waals surface area (Å²) in [6, 6.07) is 10.4. The number of benzene rings is 2. The van der Waals surface area contributed by atoms with E-state index in [1.807, 2.05) is 6.07 Å². The zero-order chi connectivity index (χ0) is 19.7. The van der Waals surface area contributed by atoms with Gasteiger partial charge in [0.05, 0.1) is 30.5 Å². The van der Waals surface area contributed by atoms with Crippen LogP contribution >= 0.6 is 34.8 Å². The van der Waals surface area contributed by atoms with E-state index in [4.69, 9.17) is 49.0 Å². The molecule has 0 unspecified atom stereocenters. The second-order valence-corrected chi connectivity index (χ2v) is 7.84. The maximum absolute atomic E-state index is 13.2. The van der Waals surface area contributed by atoms with E-state index in [0.717, 1.165) is 12.1 Å². The van der Waals surface area contributed by atoms with Gasteiger partial charge in [-0.3, -0.25) is 4.79 Å². The zero-order valence-electron chi connectivity index (χ0n) is 14.9. The molecule has 8 heteroatoms. The Hall–Kier alpha value is -1.50. The number of fused-ring (bicyclic) bond motifs is 2. The molecule has 2 aliphatic heterocycles. The predicted molar refractivity (Wildman–Crippen MR) is 109 cm³/mol. The van der Waals surface area contributed by atoms with Crippen LogP contribution in [0, 0.1) is 0 Å². The highest BCUT2D eigenvalue weighted by Gasteiger charge is 2.54. The van der Waals surface area contributed by atoms with Crippen molar-refractivity contribution in [2.75, 3.05) is 31.3 Å². The summed E-state index contributed by atoms with van der Waals surface area (Å²) in [5.41, 5.74) is 1.41. The molecule has 5 nitrogen and oxygen atoms in total. The Morgan fingerprint density at radius 2 is 1.75 bits per heavy atom. The van der Waals surface area contributed by atoms with Crippen LogP contribution in [0.2, 0.25) is 15.1 Å². The molecule has 0 N–H and O–H groups in total. The molecule has 2 heterocycles. The maximum atomic E-state index is 13.2. The van der Waals surface area contributed by atoms with Gasteiger partial charge in [-0.05, 0) is 49.2 Å². The molecule has 4 rings (SSSR count). The number of anilines is 1. The highest BCUT2D eigenvalue weighted by Crippen LogP contribution is 2.46. The first kappa shape index (κ1) is 19.8. The first-order chi connectivity index (χ1) is 13.5. The number of rotatable bonds is 5. The van der Waals surface area contributed by atoms with Crippen molar-refractivity contribution in [3.63, 3.8) is 0 Å². The third kappa shape index (κ3) is 3.58. The van der Waals surface area contributed by atoms with Gasteiger partial charge in [-0.2, -0.15) is 0 Å². The Bertz CT molecular complexity index is 899. The minimum absolute atomic E-state index is 0.228. The van der Waals surface area contributed by atoms with Crippen molar-refractivity contribution in [3.05, 3.63) is 57.0 Å². The lowest BCUT2D eigenvalue weighted by Crippen LogP contribution is -2.47. The molecule has 0 saturated carbocycles. The molecule has 0 aliphatic carbocycles. The van der Waals surface area contributed by atoms with Crippen LogP contribution in [0.3, 0.4) is 0 Å². The summed E-state index contributed by atoms with van der Waals surface area (Å²) < 4.78 is 17.4. The summed E-state index contributed by atoms with van der Waals surface area (Å²) in [6.45, 7) is 1.77. The van der Waals surface area contributed by atoms with Crippen molar-refractivity contribution in [1.29, 1.82) is 0 Å². The quantitative estimate of drug-likeness (QED) is 0.608. The molecular weight excluding hydrogens is 425 g/mol. The average molecular weight is 443 g/mol. The molecule has 148 valence electrons. The van der Waals surface area contributed by atoms with E-state index in [2.05, 4.69) is 0 Å². The average Bonchev–Trinajstić information content (AvgIpc) is 2.89. The zero-order valence-corrected chi connectivity index (χ0v) is 17.2. The van der Waals surface area contributed by atoms with Crippen molar-refractivity contribution in [2.45, 2.75) is 18.6 Å². The van der Waals surface area contributed by atoms with E-state index in [1.165, 1.54) is 0 Å². The number of hydrogen-bond acceptors (Lipinski definition) is 4. The van der Waals surface area contributed by atoms with Gasteiger partial charge < -0.3 is 19.1 Å². The van der Waals surface area contributed by atoms with Gasteiger partial charge in [0.15, 0.2) is 0 Å². The third-order valence-corrected chi connectivity index (χ3v) is 5.47. The molecular formula is C20H18Cl3NO4. The monoisotopic (exact) mass is 441 g/mol. The fourth-order valence-corrected chi connectivity index (χ4v) is 4.08. The first-order valence-corrected chi connectivity index (χ1v) is 10.1. The molecule has 1 spiro atoms. The summed E-state index contributed by atoms with van der Waals surface area (Å²) in [4.78, 5) is 14.8. The lowest BCUT2D eigenvalue weighted by Gasteiger charge is -2.32. The van der Waals surface area contributed by atoms with E-state index >= 15 is 0 Å². The molecule has 0 bridgehead atoms. The molecule has 2 aromatic rings. The van der Waals surface area contributed by atoms with Crippen molar-refractivity contribution >= 4 is 46.4 Å². The fourth-order valence-electron chi connectivity index (χ4n) is 3.44. The van der Waals surface area contributed by atoms with Gasteiger partial charge >= 0.3 is 0 Å². The summed E-state index contributed by atoms with van der Waals surface area (Å²) in [6.07, 6.45) is 1.35. The third-order valence-electron chi connectivity index (χ3n) is 4.71. The molecule has 0 radical (unpaired) electrons. The molecule has 2 aliphatic rings. The molecule has 0 aromatic heterocycles. The summed E-state index contributed by atoms with van der Waals surface area (Å²) in [7, 11) is 0. The van der Waals surface area contributed by atoms with Crippen LogP contribution in [0.5, 0.6) is 5.75 Å². The standard InChI is InChI=1S/C20H18Cl3NO4/c21-13-3-5-17-15(11-13)20(27-9-2-10-28-20)19(25)24(17)7-1-8-26-18-6-4-14(22)12-16(18)23/h3-6,11-12H,1-2,7-10H2. The Morgan fingerprint density at radius 1 is 1.04 bits per heavy atom. The first-order valence-electron chi connectivity index (χ1n) is 8.99. The van der Waals surface area contributed by atoms with Crippen molar-refractivity contribution < 1.29 is 19.0 Å². The summed E-state index contributed by atoms with van der Waals surface area (Å²) in [5, 5.41) is 1.53. The lowest BCUT2D eigenvalue weighted by atomic mass is 10.1. The van der Waals surface area contributed by atoms with E-state index in [1.54, 1.807) is 35.2 Å². The SMILES string of the molecule is O=C1N(CCCOc2ccc(Cl)cc2Cl)c2ccc(Cl)cc2C12OCCCO2. The normalized spacial score (nSPS) is 17.8. The fraction of sp³-hybridized carbons (Fsp3) is 0.350. The van der Waals surface area contributed by atoms with Crippen molar-refractivity contribution in [2.24, 2.45) is 0 Å². The Labute approximate surface area is 178 Å². The maximum Gasteiger partial charge on any atom is 0.292 e. The number of carbonyl (C=O) groups excluding carboxylic acids is 1. The van der Waals surface area contributed by atoms with Gasteiger partial charge in [-0.15, -0.1) is 0 Å². The van der Waals surface area contributed by atoms with E-state index < -0.39 is 5.79 Å². The molecule has 0 atom stereocenters. The van der Waals surface area contributed by atoms with Crippen LogP contribution in [0.25, 0.3) is 0 Å². The second kappa shape index (κ2) is 8.09. The van der Waals surface area contributed by atoms with Gasteiger partial charge in [0.25, 0.3) is 11.7 Å². The number of amides is 1. The van der Waals surface area contributed by atoms with Crippen LogP contribution in [0.4, 0.5) is 5.69 Å². The number of ether oxygens (including phenoxy) is 3. The Balaban J connectivity index is 1.47. The number of hydrogen-bond donors (Lipinski definition) is 0. The number of carbonyl (C=O) groups is 1.